The molecule has 0 bridgehead atoms. The van der Waals surface area contributed by atoms with E-state index in [1.54, 1.807) is 31.3 Å². The summed E-state index contributed by atoms with van der Waals surface area (Å²) in [4.78, 5) is 27.8. The van der Waals surface area contributed by atoms with Crippen LogP contribution < -0.4 is 21.1 Å². The van der Waals surface area contributed by atoms with Gasteiger partial charge in [0.05, 0.1) is 12.2 Å². The lowest BCUT2D eigenvalue weighted by atomic mass is 10.2. The number of hydrogen-bond acceptors (Lipinski definition) is 6. The van der Waals surface area contributed by atoms with Crippen LogP contribution in [0.15, 0.2) is 24.3 Å². The van der Waals surface area contributed by atoms with Gasteiger partial charge in [-0.1, -0.05) is 23.5 Å². The van der Waals surface area contributed by atoms with E-state index in [-0.39, 0.29) is 5.69 Å². The molecule has 2 aromatic rings. The first-order valence-electron chi connectivity index (χ1n) is 6.58. The summed E-state index contributed by atoms with van der Waals surface area (Å²) in [6.07, 6.45) is 0. The van der Waals surface area contributed by atoms with Crippen LogP contribution in [-0.4, -0.2) is 30.5 Å². The Kier molecular flexibility index (Phi) is 4.95. The normalized spacial score (nSPS) is 10.1. The molecular formula is C14H16N4O3S. The second-order valence-electron chi connectivity index (χ2n) is 4.19. The van der Waals surface area contributed by atoms with Crippen molar-refractivity contribution >= 4 is 33.3 Å². The number of anilines is 2. The van der Waals surface area contributed by atoms with Gasteiger partial charge >= 0.3 is 0 Å². The number of aromatic nitrogens is 1. The number of hydrogen-bond donors (Lipinski definition) is 3. The fourth-order valence-electron chi connectivity index (χ4n) is 1.78. The Morgan fingerprint density at radius 1 is 1.36 bits per heavy atom. The van der Waals surface area contributed by atoms with Gasteiger partial charge in [0.15, 0.2) is 10.8 Å². The van der Waals surface area contributed by atoms with E-state index in [4.69, 9.17) is 10.5 Å². The summed E-state index contributed by atoms with van der Waals surface area (Å²) in [5.74, 6) is -0.620. The van der Waals surface area contributed by atoms with E-state index < -0.39 is 11.8 Å². The van der Waals surface area contributed by atoms with Crippen molar-refractivity contribution < 1.29 is 14.3 Å². The van der Waals surface area contributed by atoms with Crippen LogP contribution >= 0.6 is 11.3 Å². The number of para-hydroxylation sites is 1. The molecule has 0 spiro atoms. The van der Waals surface area contributed by atoms with Crippen molar-refractivity contribution in [3.63, 3.8) is 0 Å². The van der Waals surface area contributed by atoms with E-state index in [0.29, 0.717) is 28.1 Å². The number of amides is 2. The molecule has 0 radical (unpaired) electrons. The van der Waals surface area contributed by atoms with Crippen molar-refractivity contribution in [3.05, 3.63) is 35.5 Å². The maximum atomic E-state index is 12.4. The van der Waals surface area contributed by atoms with Gasteiger partial charge in [0.2, 0.25) is 0 Å². The van der Waals surface area contributed by atoms with Gasteiger partial charge in [0.25, 0.3) is 11.8 Å². The fraction of sp³-hybridized carbons (Fsp3) is 0.214. The third-order valence-electron chi connectivity index (χ3n) is 2.73. The number of thiazole rings is 1. The lowest BCUT2D eigenvalue weighted by molar-refractivity contribution is 0.0997. The van der Waals surface area contributed by atoms with E-state index in [1.165, 1.54) is 0 Å². The largest absolute Gasteiger partial charge is 0.493 e. The summed E-state index contributed by atoms with van der Waals surface area (Å²) in [5.41, 5.74) is 5.67. The van der Waals surface area contributed by atoms with Gasteiger partial charge in [-0.2, -0.15) is 0 Å². The van der Waals surface area contributed by atoms with Crippen molar-refractivity contribution in [2.75, 3.05) is 24.3 Å². The Morgan fingerprint density at radius 3 is 2.73 bits per heavy atom. The minimum atomic E-state index is -0.703. The Morgan fingerprint density at radius 2 is 2.09 bits per heavy atom. The zero-order valence-corrected chi connectivity index (χ0v) is 13.0. The molecule has 8 heteroatoms. The fourth-order valence-corrected chi connectivity index (χ4v) is 2.60. The van der Waals surface area contributed by atoms with Crippen LogP contribution in [0.25, 0.3) is 0 Å². The molecule has 0 saturated carbocycles. The minimum absolute atomic E-state index is 0.0246. The van der Waals surface area contributed by atoms with Crippen LogP contribution in [0.2, 0.25) is 0 Å². The molecule has 0 aliphatic carbocycles. The molecule has 22 heavy (non-hydrogen) atoms. The highest BCUT2D eigenvalue weighted by atomic mass is 32.1. The number of rotatable bonds is 6. The van der Waals surface area contributed by atoms with Crippen LogP contribution in [0.5, 0.6) is 5.75 Å². The molecule has 1 aromatic carbocycles. The number of primary amides is 1. The number of benzene rings is 1. The molecular weight excluding hydrogens is 304 g/mol. The number of nitrogens with one attached hydrogen (secondary N) is 2. The van der Waals surface area contributed by atoms with Gasteiger partial charge < -0.3 is 21.1 Å². The molecule has 2 amide bonds. The second kappa shape index (κ2) is 6.90. The van der Waals surface area contributed by atoms with Crippen molar-refractivity contribution in [1.29, 1.82) is 0 Å². The molecule has 0 atom stereocenters. The van der Waals surface area contributed by atoms with Crippen molar-refractivity contribution in [3.8, 4) is 5.75 Å². The van der Waals surface area contributed by atoms with Gasteiger partial charge in [0, 0.05) is 7.05 Å². The predicted octanol–water partition coefficient (Wildman–Crippen LogP) is 1.93. The third-order valence-corrected chi connectivity index (χ3v) is 3.72. The van der Waals surface area contributed by atoms with E-state index in [2.05, 4.69) is 15.6 Å². The lowest BCUT2D eigenvalue weighted by Crippen LogP contribution is -2.18. The molecule has 4 N–H and O–H groups in total. The SMILES string of the molecule is CCOc1ccccc1C(=O)Nc1sc(NC)nc1C(N)=O. The summed E-state index contributed by atoms with van der Waals surface area (Å²) in [7, 11) is 1.67. The average Bonchev–Trinajstić information content (AvgIpc) is 2.91. The first kappa shape index (κ1) is 15.8. The summed E-state index contributed by atoms with van der Waals surface area (Å²) in [6, 6.07) is 6.87. The van der Waals surface area contributed by atoms with Crippen LogP contribution in [0.4, 0.5) is 10.1 Å². The van der Waals surface area contributed by atoms with Crippen LogP contribution in [0.1, 0.15) is 27.8 Å². The molecule has 2 rings (SSSR count). The van der Waals surface area contributed by atoms with Gasteiger partial charge in [-0.15, -0.1) is 0 Å². The number of nitrogens with zero attached hydrogens (tertiary/aromatic N) is 1. The maximum absolute atomic E-state index is 12.4. The summed E-state index contributed by atoms with van der Waals surface area (Å²) < 4.78 is 5.42. The topological polar surface area (TPSA) is 106 Å². The van der Waals surface area contributed by atoms with Crippen molar-refractivity contribution in [1.82, 2.24) is 4.98 Å². The molecule has 0 aliphatic heterocycles. The van der Waals surface area contributed by atoms with Crippen molar-refractivity contribution in [2.24, 2.45) is 5.73 Å². The first-order chi connectivity index (χ1) is 10.6. The van der Waals surface area contributed by atoms with Crippen LogP contribution in [-0.2, 0) is 0 Å². The van der Waals surface area contributed by atoms with Gasteiger partial charge in [-0.05, 0) is 19.1 Å². The highest BCUT2D eigenvalue weighted by molar-refractivity contribution is 7.20. The molecule has 1 aromatic heterocycles. The van der Waals surface area contributed by atoms with Gasteiger partial charge in [-0.25, -0.2) is 4.98 Å². The van der Waals surface area contributed by atoms with E-state index in [0.717, 1.165) is 11.3 Å². The average molecular weight is 320 g/mol. The summed E-state index contributed by atoms with van der Waals surface area (Å²) in [6.45, 7) is 2.28. The smallest absolute Gasteiger partial charge is 0.270 e. The maximum Gasteiger partial charge on any atom is 0.270 e. The van der Waals surface area contributed by atoms with E-state index in [9.17, 15) is 9.59 Å². The van der Waals surface area contributed by atoms with Crippen molar-refractivity contribution in [2.45, 2.75) is 6.92 Å². The molecule has 0 saturated heterocycles. The predicted molar refractivity (Wildman–Crippen MR) is 85.7 cm³/mol. The summed E-state index contributed by atoms with van der Waals surface area (Å²) >= 11 is 1.13. The summed E-state index contributed by atoms with van der Waals surface area (Å²) in [5, 5.41) is 6.26. The molecule has 1 heterocycles. The van der Waals surface area contributed by atoms with Gasteiger partial charge in [0.1, 0.15) is 10.8 Å². The highest BCUT2D eigenvalue weighted by Crippen LogP contribution is 2.29. The van der Waals surface area contributed by atoms with E-state index in [1.807, 2.05) is 6.92 Å². The number of ether oxygens (including phenoxy) is 1. The first-order valence-corrected chi connectivity index (χ1v) is 7.40. The zero-order valence-electron chi connectivity index (χ0n) is 12.2. The monoisotopic (exact) mass is 320 g/mol. The molecule has 0 unspecified atom stereocenters. The Labute approximate surface area is 131 Å². The number of carbonyl (C=O) groups is 2. The molecule has 0 aliphatic rings. The van der Waals surface area contributed by atoms with E-state index >= 15 is 0 Å². The third kappa shape index (κ3) is 3.34. The Bertz CT molecular complexity index is 699. The molecule has 0 fully saturated rings. The molecule has 7 nitrogen and oxygen atoms in total. The number of nitrogens with two attached hydrogens (primary N) is 1. The zero-order chi connectivity index (χ0) is 16.1. The number of carbonyl (C=O) groups excluding carboxylic acids is 2. The van der Waals surface area contributed by atoms with Crippen LogP contribution in [0.3, 0.4) is 0 Å². The lowest BCUT2D eigenvalue weighted by Gasteiger charge is -2.09. The second-order valence-corrected chi connectivity index (χ2v) is 5.19. The Hall–Kier alpha value is -2.61. The Balaban J connectivity index is 2.29. The minimum Gasteiger partial charge on any atom is -0.493 e. The van der Waals surface area contributed by atoms with Gasteiger partial charge in [-0.3, -0.25) is 9.59 Å². The molecule has 116 valence electrons. The van der Waals surface area contributed by atoms with Crippen LogP contribution in [0, 0.1) is 0 Å². The standard InChI is InChI=1S/C14H16N4O3S/c1-3-21-9-7-5-4-6-8(9)12(20)18-13-10(11(15)19)17-14(16-2)22-13/h4-7H,3H2,1-2H3,(H2,15,19)(H,16,17)(H,18,20). The quantitative estimate of drug-likeness (QED) is 0.754. The highest BCUT2D eigenvalue weighted by Gasteiger charge is 2.19.